The van der Waals surface area contributed by atoms with Gasteiger partial charge < -0.3 is 24.9 Å². The second kappa shape index (κ2) is 8.09. The lowest BCUT2D eigenvalue weighted by atomic mass is 9.98. The van der Waals surface area contributed by atoms with E-state index in [-0.39, 0.29) is 30.5 Å². The molecule has 168 valence electrons. The third-order valence-corrected chi connectivity index (χ3v) is 6.12. The number of hydrogen-bond donors (Lipinski definition) is 3. The van der Waals surface area contributed by atoms with Crippen LogP contribution in [0.25, 0.3) is 11.1 Å². The molecule has 2 aliphatic carbocycles. The van der Waals surface area contributed by atoms with Crippen molar-refractivity contribution in [2.45, 2.75) is 30.8 Å². The van der Waals surface area contributed by atoms with E-state index in [0.717, 1.165) is 28.6 Å². The highest BCUT2D eigenvalue weighted by Crippen LogP contribution is 2.44. The second-order valence-corrected chi connectivity index (χ2v) is 8.14. The summed E-state index contributed by atoms with van der Waals surface area (Å²) in [6.45, 7) is 0.00613. The predicted octanol–water partition coefficient (Wildman–Crippen LogP) is 3.06. The van der Waals surface area contributed by atoms with Crippen LogP contribution in [0.4, 0.5) is 4.79 Å². The maximum Gasteiger partial charge on any atom is 0.408 e. The zero-order chi connectivity index (χ0) is 23.0. The van der Waals surface area contributed by atoms with Crippen molar-refractivity contribution < 1.29 is 28.6 Å². The largest absolute Gasteiger partial charge is 0.476 e. The number of nitrogens with zero attached hydrogens (tertiary/aromatic N) is 1. The van der Waals surface area contributed by atoms with Gasteiger partial charge in [0.25, 0.3) is 0 Å². The number of benzene rings is 2. The molecule has 1 saturated carbocycles. The summed E-state index contributed by atoms with van der Waals surface area (Å²) < 4.78 is 10.6. The Balaban J connectivity index is 1.20. The summed E-state index contributed by atoms with van der Waals surface area (Å²) in [5, 5.41) is 14.3. The number of hydrogen-bond acceptors (Lipinski definition) is 6. The number of carboxylic acids is 1. The number of aromatic carboxylic acids is 1. The standard InChI is InChI=1S/C24H21N3O6/c28-21(29)20-19(33-13-26-20)11-25-22(30)24(9-10-24)27-23(31)32-12-18-16-7-3-1-5-14(16)15-6-2-4-8-17(15)18/h1-8,13,18H,9-12H2,(H,25,30)(H,27,31)(H,28,29). The zero-order valence-electron chi connectivity index (χ0n) is 17.5. The Bertz CT molecular complexity index is 1200. The van der Waals surface area contributed by atoms with Crippen molar-refractivity contribution >= 4 is 18.0 Å². The van der Waals surface area contributed by atoms with Crippen LogP contribution in [0.3, 0.4) is 0 Å². The van der Waals surface area contributed by atoms with Crippen molar-refractivity contribution in [3.63, 3.8) is 0 Å². The first-order chi connectivity index (χ1) is 16.0. The molecule has 2 aliphatic rings. The van der Waals surface area contributed by atoms with Crippen molar-refractivity contribution in [2.24, 2.45) is 0 Å². The number of amides is 2. The SMILES string of the molecule is O=C(NC1(C(=O)NCc2ocnc2C(=O)O)CC1)OCC1c2ccccc2-c2ccccc21. The van der Waals surface area contributed by atoms with E-state index >= 15 is 0 Å². The van der Waals surface area contributed by atoms with Crippen LogP contribution in [-0.4, -0.2) is 40.2 Å². The van der Waals surface area contributed by atoms with E-state index in [1.165, 1.54) is 0 Å². The van der Waals surface area contributed by atoms with Crippen molar-refractivity contribution in [3.8, 4) is 11.1 Å². The Labute approximate surface area is 188 Å². The highest BCUT2D eigenvalue weighted by Gasteiger charge is 2.51. The molecule has 0 spiro atoms. The van der Waals surface area contributed by atoms with Gasteiger partial charge in [0.05, 0.1) is 6.54 Å². The number of fused-ring (bicyclic) bond motifs is 3. The molecule has 0 unspecified atom stereocenters. The van der Waals surface area contributed by atoms with Gasteiger partial charge in [0.1, 0.15) is 12.1 Å². The highest BCUT2D eigenvalue weighted by atomic mass is 16.5. The molecule has 0 radical (unpaired) electrons. The molecule has 1 fully saturated rings. The summed E-state index contributed by atoms with van der Waals surface area (Å²) in [5.41, 5.74) is 3.15. The number of ether oxygens (including phenoxy) is 1. The molecule has 3 N–H and O–H groups in total. The van der Waals surface area contributed by atoms with Gasteiger partial charge in [-0.25, -0.2) is 14.6 Å². The van der Waals surface area contributed by atoms with Crippen LogP contribution in [-0.2, 0) is 16.1 Å². The van der Waals surface area contributed by atoms with Gasteiger partial charge in [-0.2, -0.15) is 0 Å². The van der Waals surface area contributed by atoms with E-state index < -0.39 is 23.5 Å². The number of aromatic nitrogens is 1. The Kier molecular flexibility index (Phi) is 5.08. The van der Waals surface area contributed by atoms with E-state index in [0.29, 0.717) is 12.8 Å². The number of nitrogens with one attached hydrogen (secondary N) is 2. The fraction of sp³-hybridized carbons (Fsp3) is 0.250. The average molecular weight is 447 g/mol. The van der Waals surface area contributed by atoms with Gasteiger partial charge in [0.2, 0.25) is 5.91 Å². The molecule has 3 aromatic rings. The Morgan fingerprint density at radius 2 is 1.70 bits per heavy atom. The third kappa shape index (κ3) is 3.82. The van der Waals surface area contributed by atoms with Gasteiger partial charge in [-0.05, 0) is 35.1 Å². The van der Waals surface area contributed by atoms with E-state index in [9.17, 15) is 14.4 Å². The van der Waals surface area contributed by atoms with Gasteiger partial charge >= 0.3 is 12.1 Å². The fourth-order valence-corrected chi connectivity index (χ4v) is 4.26. The molecule has 1 heterocycles. The number of oxazole rings is 1. The normalized spacial score (nSPS) is 15.3. The lowest BCUT2D eigenvalue weighted by Crippen LogP contribution is -2.49. The first-order valence-electron chi connectivity index (χ1n) is 10.6. The Morgan fingerprint density at radius 3 is 2.30 bits per heavy atom. The monoisotopic (exact) mass is 447 g/mol. The molecule has 2 aromatic carbocycles. The van der Waals surface area contributed by atoms with Gasteiger partial charge in [0.15, 0.2) is 17.8 Å². The molecule has 9 nitrogen and oxygen atoms in total. The predicted molar refractivity (Wildman–Crippen MR) is 115 cm³/mol. The molecule has 0 saturated heterocycles. The molecule has 1 aromatic heterocycles. The van der Waals surface area contributed by atoms with Crippen molar-refractivity contribution in [3.05, 3.63) is 77.5 Å². The van der Waals surface area contributed by atoms with Gasteiger partial charge in [-0.15, -0.1) is 0 Å². The number of alkyl carbamates (subject to hydrolysis) is 1. The van der Waals surface area contributed by atoms with Crippen molar-refractivity contribution in [1.29, 1.82) is 0 Å². The molecular weight excluding hydrogens is 426 g/mol. The van der Waals surface area contributed by atoms with E-state index in [1.807, 2.05) is 36.4 Å². The first-order valence-corrected chi connectivity index (χ1v) is 10.6. The van der Waals surface area contributed by atoms with Crippen LogP contribution in [0.15, 0.2) is 59.3 Å². The molecule has 2 amide bonds. The number of carbonyl (C=O) groups excluding carboxylic acids is 2. The van der Waals surface area contributed by atoms with Crippen molar-refractivity contribution in [2.75, 3.05) is 6.61 Å². The van der Waals surface area contributed by atoms with Crippen LogP contribution >= 0.6 is 0 Å². The minimum absolute atomic E-state index is 0.0350. The van der Waals surface area contributed by atoms with Crippen LogP contribution in [0.5, 0.6) is 0 Å². The topological polar surface area (TPSA) is 131 Å². The summed E-state index contributed by atoms with van der Waals surface area (Å²) in [4.78, 5) is 39.9. The van der Waals surface area contributed by atoms with E-state index in [1.54, 1.807) is 0 Å². The maximum atomic E-state index is 12.6. The van der Waals surface area contributed by atoms with Crippen LogP contribution in [0.2, 0.25) is 0 Å². The summed E-state index contributed by atoms with van der Waals surface area (Å²) in [6, 6.07) is 16.1. The molecular formula is C24H21N3O6. The van der Waals surface area contributed by atoms with Gasteiger partial charge in [0, 0.05) is 5.92 Å². The third-order valence-electron chi connectivity index (χ3n) is 6.12. The second-order valence-electron chi connectivity index (χ2n) is 8.14. The quantitative estimate of drug-likeness (QED) is 0.507. The van der Waals surface area contributed by atoms with Crippen LogP contribution < -0.4 is 10.6 Å². The van der Waals surface area contributed by atoms with Crippen LogP contribution in [0, 0.1) is 0 Å². The Hall–Kier alpha value is -4.14. The number of carbonyl (C=O) groups is 3. The van der Waals surface area contributed by atoms with E-state index in [4.69, 9.17) is 14.3 Å². The summed E-state index contributed by atoms with van der Waals surface area (Å²) in [6.07, 6.45) is 1.26. The number of carboxylic acid groups (broad SMARTS) is 1. The Morgan fingerprint density at radius 1 is 1.06 bits per heavy atom. The lowest BCUT2D eigenvalue weighted by molar-refractivity contribution is -0.124. The minimum atomic E-state index is -1.24. The fourth-order valence-electron chi connectivity index (χ4n) is 4.26. The van der Waals surface area contributed by atoms with Crippen molar-refractivity contribution in [1.82, 2.24) is 15.6 Å². The highest BCUT2D eigenvalue weighted by molar-refractivity contribution is 5.93. The van der Waals surface area contributed by atoms with Crippen LogP contribution in [0.1, 0.15) is 46.1 Å². The molecule has 0 bridgehead atoms. The zero-order valence-corrected chi connectivity index (χ0v) is 17.5. The molecule has 5 rings (SSSR count). The van der Waals surface area contributed by atoms with Gasteiger partial charge in [-0.3, -0.25) is 4.79 Å². The van der Waals surface area contributed by atoms with E-state index in [2.05, 4.69) is 27.8 Å². The maximum absolute atomic E-state index is 12.6. The first kappa shape index (κ1) is 20.7. The smallest absolute Gasteiger partial charge is 0.408 e. The average Bonchev–Trinajstić information content (AvgIpc) is 3.31. The van der Waals surface area contributed by atoms with Gasteiger partial charge in [-0.1, -0.05) is 48.5 Å². The molecule has 9 heteroatoms. The molecule has 0 atom stereocenters. The lowest BCUT2D eigenvalue weighted by Gasteiger charge is -2.19. The molecule has 33 heavy (non-hydrogen) atoms. The molecule has 0 aliphatic heterocycles. The minimum Gasteiger partial charge on any atom is -0.476 e. The number of rotatable bonds is 7. The summed E-state index contributed by atoms with van der Waals surface area (Å²) >= 11 is 0. The summed E-state index contributed by atoms with van der Waals surface area (Å²) in [7, 11) is 0. The summed E-state index contributed by atoms with van der Waals surface area (Å²) in [5.74, 6) is -1.71.